The molecule has 16 heavy (non-hydrogen) atoms. The van der Waals surface area contributed by atoms with Crippen LogP contribution in [0.3, 0.4) is 0 Å². The largest absolute Gasteiger partial charge is 0.347 e. The summed E-state index contributed by atoms with van der Waals surface area (Å²) in [7, 11) is 2.00. The molecule has 0 saturated heterocycles. The maximum Gasteiger partial charge on any atom is 0.123 e. The molecule has 2 aromatic rings. The summed E-state index contributed by atoms with van der Waals surface area (Å²) in [5, 5.41) is 0.984. The van der Waals surface area contributed by atoms with Gasteiger partial charge in [0, 0.05) is 36.1 Å². The molecule has 3 heteroatoms. The van der Waals surface area contributed by atoms with Crippen LogP contribution in [0.4, 0.5) is 4.39 Å². The van der Waals surface area contributed by atoms with Crippen LogP contribution in [-0.4, -0.2) is 10.6 Å². The van der Waals surface area contributed by atoms with Crippen LogP contribution in [0.1, 0.15) is 18.2 Å². The normalized spacial score (nSPS) is 13.3. The molecule has 2 rings (SSSR count). The number of aromatic nitrogens is 1. The molecule has 0 spiro atoms. The van der Waals surface area contributed by atoms with E-state index in [1.807, 2.05) is 27.0 Å². The van der Waals surface area contributed by atoms with Gasteiger partial charge in [-0.1, -0.05) is 0 Å². The molecule has 1 heterocycles. The number of nitrogens with zero attached hydrogens (tertiary/aromatic N) is 1. The van der Waals surface area contributed by atoms with Gasteiger partial charge in [-0.25, -0.2) is 4.39 Å². The zero-order valence-electron chi connectivity index (χ0n) is 9.92. The molecule has 0 aliphatic carbocycles. The van der Waals surface area contributed by atoms with Crippen molar-refractivity contribution < 1.29 is 4.39 Å². The van der Waals surface area contributed by atoms with Gasteiger partial charge in [-0.05, 0) is 37.6 Å². The smallest absolute Gasteiger partial charge is 0.123 e. The minimum atomic E-state index is -0.187. The highest BCUT2D eigenvalue weighted by atomic mass is 19.1. The Morgan fingerprint density at radius 2 is 2.12 bits per heavy atom. The van der Waals surface area contributed by atoms with Crippen LogP contribution in [0.15, 0.2) is 18.2 Å². The quantitative estimate of drug-likeness (QED) is 0.828. The number of rotatable bonds is 2. The van der Waals surface area contributed by atoms with Gasteiger partial charge in [-0.2, -0.15) is 0 Å². The molecule has 0 aliphatic heterocycles. The van der Waals surface area contributed by atoms with Crippen molar-refractivity contribution in [3.05, 3.63) is 35.3 Å². The van der Waals surface area contributed by atoms with E-state index in [9.17, 15) is 4.39 Å². The number of hydrogen-bond donors (Lipinski definition) is 1. The van der Waals surface area contributed by atoms with E-state index in [1.165, 1.54) is 11.8 Å². The Labute approximate surface area is 94.9 Å². The summed E-state index contributed by atoms with van der Waals surface area (Å²) in [6.45, 7) is 4.01. The van der Waals surface area contributed by atoms with Crippen molar-refractivity contribution in [3.8, 4) is 0 Å². The Balaban J connectivity index is 2.67. The predicted molar refractivity (Wildman–Crippen MR) is 65.0 cm³/mol. The highest BCUT2D eigenvalue weighted by Gasteiger charge is 2.13. The monoisotopic (exact) mass is 220 g/mol. The van der Waals surface area contributed by atoms with Gasteiger partial charge in [0.05, 0.1) is 0 Å². The molecule has 1 aromatic carbocycles. The van der Waals surface area contributed by atoms with E-state index in [4.69, 9.17) is 5.73 Å². The van der Waals surface area contributed by atoms with E-state index >= 15 is 0 Å². The first kappa shape index (κ1) is 11.1. The highest BCUT2D eigenvalue weighted by Crippen LogP contribution is 2.26. The Bertz CT molecular complexity index is 526. The average Bonchev–Trinajstić information content (AvgIpc) is 2.43. The molecule has 0 bridgehead atoms. The molecule has 1 unspecified atom stereocenters. The van der Waals surface area contributed by atoms with E-state index in [-0.39, 0.29) is 11.9 Å². The first-order chi connectivity index (χ1) is 7.50. The van der Waals surface area contributed by atoms with E-state index in [1.54, 1.807) is 6.07 Å². The molecule has 2 N–H and O–H groups in total. The van der Waals surface area contributed by atoms with Gasteiger partial charge in [0.2, 0.25) is 0 Å². The summed E-state index contributed by atoms with van der Waals surface area (Å²) in [5.41, 5.74) is 9.21. The van der Waals surface area contributed by atoms with E-state index in [2.05, 4.69) is 4.57 Å². The zero-order chi connectivity index (χ0) is 11.9. The van der Waals surface area contributed by atoms with Gasteiger partial charge < -0.3 is 10.3 Å². The average molecular weight is 220 g/mol. The lowest BCUT2D eigenvalue weighted by molar-refractivity contribution is 0.629. The van der Waals surface area contributed by atoms with Crippen molar-refractivity contribution in [2.75, 3.05) is 0 Å². The van der Waals surface area contributed by atoms with Crippen molar-refractivity contribution in [2.24, 2.45) is 12.8 Å². The number of fused-ring (bicyclic) bond motifs is 1. The summed E-state index contributed by atoms with van der Waals surface area (Å²) in [5.74, 6) is -0.187. The fourth-order valence-electron chi connectivity index (χ4n) is 2.25. The first-order valence-electron chi connectivity index (χ1n) is 5.49. The van der Waals surface area contributed by atoms with Crippen LogP contribution < -0.4 is 5.73 Å². The molecule has 0 aliphatic rings. The highest BCUT2D eigenvalue weighted by molar-refractivity contribution is 5.85. The standard InChI is InChI=1S/C13H17FN2/c1-8(15)6-13-9(2)11-7-10(14)4-5-12(11)16(13)3/h4-5,7-8H,6,15H2,1-3H3. The first-order valence-corrected chi connectivity index (χ1v) is 5.49. The second-order valence-corrected chi connectivity index (χ2v) is 4.47. The van der Waals surface area contributed by atoms with Gasteiger partial charge in [-0.15, -0.1) is 0 Å². The van der Waals surface area contributed by atoms with Crippen LogP contribution >= 0.6 is 0 Å². The van der Waals surface area contributed by atoms with Crippen LogP contribution in [0.2, 0.25) is 0 Å². The molecule has 2 nitrogen and oxygen atoms in total. The molecule has 1 aromatic heterocycles. The molecule has 0 fully saturated rings. The Kier molecular flexibility index (Phi) is 2.72. The minimum absolute atomic E-state index is 0.117. The Morgan fingerprint density at radius 1 is 1.44 bits per heavy atom. The maximum atomic E-state index is 13.2. The lowest BCUT2D eigenvalue weighted by atomic mass is 10.1. The fourth-order valence-corrected chi connectivity index (χ4v) is 2.25. The lowest BCUT2D eigenvalue weighted by Gasteiger charge is -2.08. The van der Waals surface area contributed by atoms with Crippen molar-refractivity contribution in [1.82, 2.24) is 4.57 Å². The maximum absolute atomic E-state index is 13.2. The van der Waals surface area contributed by atoms with E-state index in [0.29, 0.717) is 0 Å². The second-order valence-electron chi connectivity index (χ2n) is 4.47. The second kappa shape index (κ2) is 3.91. The molecule has 86 valence electrons. The van der Waals surface area contributed by atoms with Gasteiger partial charge in [-0.3, -0.25) is 0 Å². The molecule has 0 radical (unpaired) electrons. The summed E-state index contributed by atoms with van der Waals surface area (Å²) >= 11 is 0. The molecular formula is C13H17FN2. The number of nitrogens with two attached hydrogens (primary N) is 1. The van der Waals surface area contributed by atoms with Crippen molar-refractivity contribution in [2.45, 2.75) is 26.3 Å². The van der Waals surface area contributed by atoms with Crippen LogP contribution in [0, 0.1) is 12.7 Å². The lowest BCUT2D eigenvalue weighted by Crippen LogP contribution is -2.19. The van der Waals surface area contributed by atoms with E-state index < -0.39 is 0 Å². The van der Waals surface area contributed by atoms with Crippen molar-refractivity contribution >= 4 is 10.9 Å². The van der Waals surface area contributed by atoms with E-state index in [0.717, 1.165) is 22.9 Å². The molecule has 1 atom stereocenters. The molecule has 0 saturated carbocycles. The zero-order valence-corrected chi connectivity index (χ0v) is 9.92. The third-order valence-corrected chi connectivity index (χ3v) is 3.08. The van der Waals surface area contributed by atoms with Gasteiger partial charge >= 0.3 is 0 Å². The number of benzene rings is 1. The van der Waals surface area contributed by atoms with Crippen LogP contribution in [0.25, 0.3) is 10.9 Å². The summed E-state index contributed by atoms with van der Waals surface area (Å²) in [4.78, 5) is 0. The van der Waals surface area contributed by atoms with Crippen LogP contribution in [0.5, 0.6) is 0 Å². The number of hydrogen-bond acceptors (Lipinski definition) is 1. The summed E-state index contributed by atoms with van der Waals surface area (Å²) in [6.07, 6.45) is 0.818. The third-order valence-electron chi connectivity index (χ3n) is 3.08. The topological polar surface area (TPSA) is 30.9 Å². The predicted octanol–water partition coefficient (Wildman–Crippen LogP) is 2.52. The SMILES string of the molecule is Cc1c(CC(C)N)n(C)c2ccc(F)cc12. The number of aryl methyl sites for hydroxylation is 2. The Morgan fingerprint density at radius 3 is 2.75 bits per heavy atom. The molecule has 0 amide bonds. The van der Waals surface area contributed by atoms with Gasteiger partial charge in [0.15, 0.2) is 0 Å². The number of halogens is 1. The molecular weight excluding hydrogens is 203 g/mol. The van der Waals surface area contributed by atoms with Gasteiger partial charge in [0.25, 0.3) is 0 Å². The fraction of sp³-hybridized carbons (Fsp3) is 0.385. The minimum Gasteiger partial charge on any atom is -0.347 e. The Hall–Kier alpha value is -1.35. The summed E-state index contributed by atoms with van der Waals surface area (Å²) in [6, 6.07) is 5.03. The van der Waals surface area contributed by atoms with Crippen molar-refractivity contribution in [1.29, 1.82) is 0 Å². The van der Waals surface area contributed by atoms with Crippen LogP contribution in [-0.2, 0) is 13.5 Å². The third kappa shape index (κ3) is 1.71. The summed E-state index contributed by atoms with van der Waals surface area (Å²) < 4.78 is 15.3. The van der Waals surface area contributed by atoms with Crippen molar-refractivity contribution in [3.63, 3.8) is 0 Å². The van der Waals surface area contributed by atoms with Gasteiger partial charge in [0.1, 0.15) is 5.82 Å².